The fourth-order valence-electron chi connectivity index (χ4n) is 0.934. The van der Waals surface area contributed by atoms with E-state index in [0.29, 0.717) is 11.3 Å². The smallest absolute Gasteiger partial charge is 0.265 e. The molecule has 0 saturated carbocycles. The molecule has 0 aliphatic rings. The number of hydrogen-bond donors (Lipinski definition) is 1. The third-order valence-corrected chi connectivity index (χ3v) is 1.88. The van der Waals surface area contributed by atoms with Gasteiger partial charge in [0.05, 0.1) is 18.2 Å². The minimum Gasteiger partial charge on any atom is -0.392 e. The van der Waals surface area contributed by atoms with Crippen LogP contribution in [0, 0.1) is 0 Å². The van der Waals surface area contributed by atoms with Gasteiger partial charge in [0.25, 0.3) is 6.43 Å². The zero-order valence-corrected chi connectivity index (χ0v) is 7.43. The van der Waals surface area contributed by atoms with Crippen molar-refractivity contribution in [2.45, 2.75) is 18.9 Å². The van der Waals surface area contributed by atoms with Crippen LogP contribution in [0.1, 0.15) is 23.2 Å². The highest BCUT2D eigenvalue weighted by molar-refractivity contribution is 6.17. The van der Waals surface area contributed by atoms with E-state index in [1.165, 1.54) is 6.07 Å². The van der Waals surface area contributed by atoms with Gasteiger partial charge < -0.3 is 5.11 Å². The molecule has 1 aromatic rings. The predicted octanol–water partition coefficient (Wildman–Crippen LogP) is 2.25. The molecule has 1 N–H and O–H groups in total. The van der Waals surface area contributed by atoms with Crippen molar-refractivity contribution < 1.29 is 13.9 Å². The van der Waals surface area contributed by atoms with Crippen molar-refractivity contribution >= 4 is 11.6 Å². The first-order chi connectivity index (χ1) is 6.19. The van der Waals surface area contributed by atoms with Crippen LogP contribution in [-0.4, -0.2) is 10.1 Å². The summed E-state index contributed by atoms with van der Waals surface area (Å²) in [7, 11) is 0. The fraction of sp³-hybridized carbons (Fsp3) is 0.375. The third kappa shape index (κ3) is 2.35. The number of pyridine rings is 1. The first-order valence-corrected chi connectivity index (χ1v) is 4.15. The fourth-order valence-corrected chi connectivity index (χ4v) is 1.17. The van der Waals surface area contributed by atoms with Crippen LogP contribution in [0.5, 0.6) is 0 Å². The quantitative estimate of drug-likeness (QED) is 0.772. The molecular weight excluding hydrogens is 200 g/mol. The molecule has 13 heavy (non-hydrogen) atoms. The van der Waals surface area contributed by atoms with Crippen LogP contribution in [0.25, 0.3) is 0 Å². The van der Waals surface area contributed by atoms with E-state index in [-0.39, 0.29) is 18.1 Å². The molecule has 0 fully saturated rings. The van der Waals surface area contributed by atoms with Crippen molar-refractivity contribution in [3.05, 3.63) is 29.1 Å². The number of aliphatic hydroxyl groups excluding tert-OH is 1. The summed E-state index contributed by atoms with van der Waals surface area (Å²) in [5.74, 6) is 0.111. The minimum absolute atomic E-state index is 0.111. The molecule has 0 saturated heterocycles. The summed E-state index contributed by atoms with van der Waals surface area (Å²) < 4.78 is 24.3. The van der Waals surface area contributed by atoms with E-state index in [4.69, 9.17) is 16.7 Å². The van der Waals surface area contributed by atoms with Gasteiger partial charge in [-0.2, -0.15) is 0 Å². The molecule has 1 heterocycles. The summed E-state index contributed by atoms with van der Waals surface area (Å²) >= 11 is 5.48. The lowest BCUT2D eigenvalue weighted by molar-refractivity contribution is 0.150. The van der Waals surface area contributed by atoms with Crippen LogP contribution in [0.4, 0.5) is 8.78 Å². The molecule has 0 aromatic carbocycles. The molecule has 0 bridgehead atoms. The Morgan fingerprint density at radius 3 is 2.69 bits per heavy atom. The maximum atomic E-state index is 12.2. The van der Waals surface area contributed by atoms with Gasteiger partial charge in [0.1, 0.15) is 0 Å². The summed E-state index contributed by atoms with van der Waals surface area (Å²) in [5.41, 5.74) is 0.597. The highest BCUT2D eigenvalue weighted by atomic mass is 35.5. The van der Waals surface area contributed by atoms with Gasteiger partial charge in [0, 0.05) is 17.3 Å². The molecule has 0 radical (unpaired) electrons. The van der Waals surface area contributed by atoms with Gasteiger partial charge in [-0.05, 0) is 6.07 Å². The number of halogens is 3. The summed E-state index contributed by atoms with van der Waals surface area (Å²) in [6, 6.07) is 1.22. The Bertz CT molecular complexity index is 293. The van der Waals surface area contributed by atoms with Crippen LogP contribution in [-0.2, 0) is 12.5 Å². The van der Waals surface area contributed by atoms with Crippen molar-refractivity contribution in [2.75, 3.05) is 0 Å². The van der Waals surface area contributed by atoms with Gasteiger partial charge >= 0.3 is 0 Å². The summed E-state index contributed by atoms with van der Waals surface area (Å²) in [6.07, 6.45) is -1.50. The number of alkyl halides is 3. The van der Waals surface area contributed by atoms with Crippen molar-refractivity contribution in [1.29, 1.82) is 0 Å². The van der Waals surface area contributed by atoms with Crippen LogP contribution in [0.15, 0.2) is 12.3 Å². The predicted molar refractivity (Wildman–Crippen MR) is 44.7 cm³/mol. The Hall–Kier alpha value is -0.740. The molecule has 0 atom stereocenters. The van der Waals surface area contributed by atoms with Crippen molar-refractivity contribution in [1.82, 2.24) is 4.98 Å². The molecule has 1 rings (SSSR count). The molecule has 0 unspecified atom stereocenters. The maximum Gasteiger partial charge on any atom is 0.265 e. The zero-order valence-electron chi connectivity index (χ0n) is 6.67. The first kappa shape index (κ1) is 10.3. The van der Waals surface area contributed by atoms with Crippen molar-refractivity contribution in [3.8, 4) is 0 Å². The molecule has 0 amide bonds. The second-order valence-corrected chi connectivity index (χ2v) is 2.73. The summed E-state index contributed by atoms with van der Waals surface area (Å²) in [4.78, 5) is 3.72. The molecule has 5 heteroatoms. The Morgan fingerprint density at radius 2 is 2.23 bits per heavy atom. The minimum atomic E-state index is -2.57. The average Bonchev–Trinajstić information content (AvgIpc) is 2.16. The van der Waals surface area contributed by atoms with Gasteiger partial charge in [0.15, 0.2) is 0 Å². The number of hydrogen-bond acceptors (Lipinski definition) is 2. The van der Waals surface area contributed by atoms with Gasteiger partial charge in [-0.15, -0.1) is 11.6 Å². The van der Waals surface area contributed by atoms with Crippen LogP contribution in [0.3, 0.4) is 0 Å². The summed E-state index contributed by atoms with van der Waals surface area (Å²) in [5, 5.41) is 8.81. The largest absolute Gasteiger partial charge is 0.392 e. The number of aromatic nitrogens is 1. The lowest BCUT2D eigenvalue weighted by Crippen LogP contribution is -1.98. The monoisotopic (exact) mass is 207 g/mol. The van der Waals surface area contributed by atoms with Gasteiger partial charge in [0.2, 0.25) is 0 Å². The van der Waals surface area contributed by atoms with E-state index in [1.54, 1.807) is 0 Å². The van der Waals surface area contributed by atoms with Crippen LogP contribution < -0.4 is 0 Å². The molecule has 0 spiro atoms. The molecule has 72 valence electrons. The second-order valence-electron chi connectivity index (χ2n) is 2.47. The Morgan fingerprint density at radius 1 is 1.54 bits per heavy atom. The van der Waals surface area contributed by atoms with E-state index in [2.05, 4.69) is 4.98 Å². The standard InChI is InChI=1S/C8H8ClF2NO/c9-2-7-6(4-13)1-5(3-12-7)8(10)11/h1,3,8,13H,2,4H2. The highest BCUT2D eigenvalue weighted by Crippen LogP contribution is 2.20. The van der Waals surface area contributed by atoms with E-state index in [9.17, 15) is 8.78 Å². The van der Waals surface area contributed by atoms with Gasteiger partial charge in [-0.1, -0.05) is 0 Å². The van der Waals surface area contributed by atoms with E-state index in [0.717, 1.165) is 6.20 Å². The zero-order chi connectivity index (χ0) is 9.84. The number of aliphatic hydroxyl groups is 1. The topological polar surface area (TPSA) is 33.1 Å². The Balaban J connectivity index is 3.05. The second kappa shape index (κ2) is 4.48. The molecule has 2 nitrogen and oxygen atoms in total. The number of nitrogens with zero attached hydrogens (tertiary/aromatic N) is 1. The first-order valence-electron chi connectivity index (χ1n) is 3.61. The van der Waals surface area contributed by atoms with Crippen LogP contribution in [0.2, 0.25) is 0 Å². The molecule has 1 aromatic heterocycles. The van der Waals surface area contributed by atoms with E-state index in [1.807, 2.05) is 0 Å². The summed E-state index contributed by atoms with van der Waals surface area (Å²) in [6.45, 7) is -0.324. The highest BCUT2D eigenvalue weighted by Gasteiger charge is 2.10. The number of rotatable bonds is 3. The molecule has 0 aliphatic carbocycles. The van der Waals surface area contributed by atoms with Crippen molar-refractivity contribution in [3.63, 3.8) is 0 Å². The Kier molecular flexibility index (Phi) is 3.57. The van der Waals surface area contributed by atoms with Gasteiger partial charge in [-0.25, -0.2) is 8.78 Å². The molecule has 0 aliphatic heterocycles. The van der Waals surface area contributed by atoms with Gasteiger partial charge in [-0.3, -0.25) is 4.98 Å². The average molecular weight is 208 g/mol. The lowest BCUT2D eigenvalue weighted by Gasteiger charge is -2.05. The third-order valence-electron chi connectivity index (χ3n) is 1.63. The Labute approximate surface area is 79.2 Å². The normalized spacial score (nSPS) is 10.8. The van der Waals surface area contributed by atoms with Crippen LogP contribution >= 0.6 is 11.6 Å². The van der Waals surface area contributed by atoms with Crippen molar-refractivity contribution in [2.24, 2.45) is 0 Å². The van der Waals surface area contributed by atoms with E-state index >= 15 is 0 Å². The maximum absolute atomic E-state index is 12.2. The SMILES string of the molecule is OCc1cc(C(F)F)cnc1CCl. The molecular formula is C8H8ClF2NO. The van der Waals surface area contributed by atoms with E-state index < -0.39 is 6.43 Å². The lowest BCUT2D eigenvalue weighted by atomic mass is 10.1.